The van der Waals surface area contributed by atoms with E-state index in [0.717, 1.165) is 0 Å². The lowest BCUT2D eigenvalue weighted by atomic mass is 10.4. The van der Waals surface area contributed by atoms with Gasteiger partial charge < -0.3 is 11.1 Å². The van der Waals surface area contributed by atoms with Crippen LogP contribution >= 0.6 is 12.4 Å². The third-order valence-electron chi connectivity index (χ3n) is 0.750. The maximum atomic E-state index is 11.5. The van der Waals surface area contributed by atoms with E-state index in [-0.39, 0.29) is 12.4 Å². The first-order valence-corrected chi connectivity index (χ1v) is 2.93. The van der Waals surface area contributed by atoms with Crippen molar-refractivity contribution in [3.8, 4) is 0 Å². The minimum absolute atomic E-state index is 0. The van der Waals surface area contributed by atoms with E-state index in [1.807, 2.05) is 5.32 Å². The van der Waals surface area contributed by atoms with Gasteiger partial charge in [0.2, 0.25) is 5.91 Å². The lowest BCUT2D eigenvalue weighted by Gasteiger charge is -2.09. The molecular formula is C5H10ClF3N2O. The molecule has 0 rings (SSSR count). The Balaban J connectivity index is 0. The molecule has 0 radical (unpaired) electrons. The molecule has 0 aliphatic rings. The predicted molar refractivity (Wildman–Crippen MR) is 39.7 cm³/mol. The number of carbonyl (C=O) groups is 1. The second-order valence-electron chi connectivity index (χ2n) is 2.15. The monoisotopic (exact) mass is 206 g/mol. The zero-order chi connectivity index (χ0) is 9.07. The fourth-order valence-corrected chi connectivity index (χ4v) is 0.487. The number of hydrogen-bond acceptors (Lipinski definition) is 2. The third-order valence-corrected chi connectivity index (χ3v) is 0.750. The summed E-state index contributed by atoms with van der Waals surface area (Å²) in [5, 5.41) is 1.92. The molecule has 1 unspecified atom stereocenters. The van der Waals surface area contributed by atoms with Crippen molar-refractivity contribution in [2.24, 2.45) is 5.73 Å². The number of alkyl halides is 3. The molecule has 0 aromatic rings. The molecule has 0 aromatic carbocycles. The molecule has 0 saturated heterocycles. The van der Waals surface area contributed by atoms with Gasteiger partial charge >= 0.3 is 6.18 Å². The Morgan fingerprint density at radius 2 is 2.00 bits per heavy atom. The summed E-state index contributed by atoms with van der Waals surface area (Å²) in [5.41, 5.74) is 5.01. The minimum Gasteiger partial charge on any atom is -0.341 e. The van der Waals surface area contributed by atoms with E-state index < -0.39 is 24.7 Å². The van der Waals surface area contributed by atoms with Crippen molar-refractivity contribution < 1.29 is 18.0 Å². The first-order chi connectivity index (χ1) is 4.81. The fraction of sp³-hybridized carbons (Fsp3) is 0.800. The summed E-state index contributed by atoms with van der Waals surface area (Å²) in [5.74, 6) is -1.10. The summed E-state index contributed by atoms with van der Waals surface area (Å²) in [6.07, 6.45) is -6.68. The van der Waals surface area contributed by atoms with Crippen LogP contribution in [0.15, 0.2) is 0 Å². The number of rotatable bonds is 2. The normalized spacial score (nSPS) is 13.1. The average molecular weight is 207 g/mol. The van der Waals surface area contributed by atoms with Gasteiger partial charge in [-0.2, -0.15) is 13.2 Å². The molecule has 7 heteroatoms. The standard InChI is InChI=1S/C5H9F3N2O.ClH/c1-3(9)10-4(11)2-5(6,7)8;/h3H,2,9H2,1H3,(H,10,11);1H. The molecule has 3 nitrogen and oxygen atoms in total. The molecule has 74 valence electrons. The van der Waals surface area contributed by atoms with Gasteiger partial charge in [-0.25, -0.2) is 0 Å². The van der Waals surface area contributed by atoms with E-state index in [1.165, 1.54) is 6.92 Å². The highest BCUT2D eigenvalue weighted by atomic mass is 35.5. The van der Waals surface area contributed by atoms with Crippen LogP contribution < -0.4 is 11.1 Å². The summed E-state index contributed by atoms with van der Waals surface area (Å²) < 4.78 is 34.4. The second kappa shape index (κ2) is 5.21. The van der Waals surface area contributed by atoms with Crippen LogP contribution in [0.5, 0.6) is 0 Å². The quantitative estimate of drug-likeness (QED) is 0.656. The number of nitrogens with one attached hydrogen (secondary N) is 1. The van der Waals surface area contributed by atoms with E-state index in [1.54, 1.807) is 0 Å². The minimum atomic E-state index is -4.46. The number of hydrogen-bond donors (Lipinski definition) is 2. The van der Waals surface area contributed by atoms with E-state index >= 15 is 0 Å². The van der Waals surface area contributed by atoms with Gasteiger partial charge in [-0.15, -0.1) is 12.4 Å². The van der Waals surface area contributed by atoms with Crippen LogP contribution in [0.3, 0.4) is 0 Å². The Labute approximate surface area is 73.9 Å². The highest BCUT2D eigenvalue weighted by Gasteiger charge is 2.31. The molecular weight excluding hydrogens is 197 g/mol. The summed E-state index contributed by atoms with van der Waals surface area (Å²) in [6.45, 7) is 1.38. The zero-order valence-electron chi connectivity index (χ0n) is 6.31. The second-order valence-corrected chi connectivity index (χ2v) is 2.15. The van der Waals surface area contributed by atoms with Crippen LogP contribution in [0.2, 0.25) is 0 Å². The Morgan fingerprint density at radius 1 is 1.58 bits per heavy atom. The van der Waals surface area contributed by atoms with Crippen LogP contribution in [-0.4, -0.2) is 18.2 Å². The van der Waals surface area contributed by atoms with Crippen LogP contribution in [0.4, 0.5) is 13.2 Å². The van der Waals surface area contributed by atoms with Crippen molar-refractivity contribution >= 4 is 18.3 Å². The van der Waals surface area contributed by atoms with Crippen molar-refractivity contribution in [3.63, 3.8) is 0 Å². The highest BCUT2D eigenvalue weighted by Crippen LogP contribution is 2.18. The summed E-state index contributed by atoms with van der Waals surface area (Å²) >= 11 is 0. The van der Waals surface area contributed by atoms with Gasteiger partial charge in [0.05, 0.1) is 6.17 Å². The molecule has 0 bridgehead atoms. The number of amides is 1. The summed E-state index contributed by atoms with van der Waals surface area (Å²) in [6, 6.07) is 0. The summed E-state index contributed by atoms with van der Waals surface area (Å²) in [7, 11) is 0. The van der Waals surface area contributed by atoms with Gasteiger partial charge in [0.15, 0.2) is 0 Å². The van der Waals surface area contributed by atoms with Crippen LogP contribution in [-0.2, 0) is 4.79 Å². The highest BCUT2D eigenvalue weighted by molar-refractivity contribution is 5.85. The Kier molecular flexibility index (Phi) is 6.10. The van der Waals surface area contributed by atoms with E-state index in [9.17, 15) is 18.0 Å². The molecule has 1 amide bonds. The Hall–Kier alpha value is -0.490. The molecule has 0 aromatic heterocycles. The van der Waals surface area contributed by atoms with Gasteiger partial charge in [-0.05, 0) is 6.92 Å². The Bertz CT molecular complexity index is 148. The molecule has 0 aliphatic carbocycles. The van der Waals surface area contributed by atoms with E-state index in [0.29, 0.717) is 0 Å². The number of carbonyl (C=O) groups excluding carboxylic acids is 1. The molecule has 3 N–H and O–H groups in total. The molecule has 0 spiro atoms. The van der Waals surface area contributed by atoms with Gasteiger partial charge in [-0.3, -0.25) is 4.79 Å². The smallest absolute Gasteiger partial charge is 0.341 e. The molecule has 0 saturated carbocycles. The number of halogens is 4. The molecule has 0 heterocycles. The third kappa shape index (κ3) is 9.51. The van der Waals surface area contributed by atoms with Gasteiger partial charge in [0.25, 0.3) is 0 Å². The average Bonchev–Trinajstić information content (AvgIpc) is 1.53. The van der Waals surface area contributed by atoms with Crippen molar-refractivity contribution in [1.29, 1.82) is 0 Å². The lowest BCUT2D eigenvalue weighted by Crippen LogP contribution is -2.40. The molecule has 12 heavy (non-hydrogen) atoms. The maximum Gasteiger partial charge on any atom is 0.397 e. The van der Waals surface area contributed by atoms with E-state index in [2.05, 4.69) is 0 Å². The molecule has 0 fully saturated rings. The molecule has 0 aliphatic heterocycles. The van der Waals surface area contributed by atoms with Crippen LogP contribution in [0.1, 0.15) is 13.3 Å². The summed E-state index contributed by atoms with van der Waals surface area (Å²) in [4.78, 5) is 10.4. The topological polar surface area (TPSA) is 55.1 Å². The van der Waals surface area contributed by atoms with Gasteiger partial charge in [0.1, 0.15) is 6.42 Å². The zero-order valence-corrected chi connectivity index (χ0v) is 7.13. The van der Waals surface area contributed by atoms with Crippen molar-refractivity contribution in [2.75, 3.05) is 0 Å². The first kappa shape index (κ1) is 14.1. The lowest BCUT2D eigenvalue weighted by molar-refractivity contribution is -0.154. The fourth-order valence-electron chi connectivity index (χ4n) is 0.487. The first-order valence-electron chi connectivity index (χ1n) is 2.93. The van der Waals surface area contributed by atoms with Crippen molar-refractivity contribution in [3.05, 3.63) is 0 Å². The van der Waals surface area contributed by atoms with Crippen LogP contribution in [0, 0.1) is 0 Å². The maximum absolute atomic E-state index is 11.5. The SMILES string of the molecule is CC(N)NC(=O)CC(F)(F)F.Cl. The van der Waals surface area contributed by atoms with Gasteiger partial charge in [0, 0.05) is 0 Å². The number of nitrogens with two attached hydrogens (primary N) is 1. The van der Waals surface area contributed by atoms with Crippen molar-refractivity contribution in [2.45, 2.75) is 25.7 Å². The van der Waals surface area contributed by atoms with Gasteiger partial charge in [-0.1, -0.05) is 0 Å². The van der Waals surface area contributed by atoms with E-state index in [4.69, 9.17) is 5.73 Å². The predicted octanol–water partition coefficient (Wildman–Crippen LogP) is 0.781. The Morgan fingerprint density at radius 3 is 2.25 bits per heavy atom. The largest absolute Gasteiger partial charge is 0.397 e. The van der Waals surface area contributed by atoms with Crippen LogP contribution in [0.25, 0.3) is 0 Å². The van der Waals surface area contributed by atoms with Crippen molar-refractivity contribution in [1.82, 2.24) is 5.32 Å². The molecule has 1 atom stereocenters.